The Morgan fingerprint density at radius 1 is 0.633 bits per heavy atom. The Balaban J connectivity index is 1.03. The Hall–Kier alpha value is -6.97. The number of aromatic nitrogens is 2. The molecule has 292 valence electrons. The summed E-state index contributed by atoms with van der Waals surface area (Å²) in [6, 6.07) is 64.5. The van der Waals surface area contributed by atoms with E-state index in [1.54, 1.807) is 0 Å². The lowest BCUT2D eigenvalue weighted by molar-refractivity contribution is 0.480. The fraction of sp³-hybridized carbons (Fsp3) is 0.140. The van der Waals surface area contributed by atoms with Crippen LogP contribution < -0.4 is 0 Å². The summed E-state index contributed by atoms with van der Waals surface area (Å²) in [6.07, 6.45) is 8.81. The first-order chi connectivity index (χ1) is 29.2. The van der Waals surface area contributed by atoms with Crippen molar-refractivity contribution in [3.8, 4) is 33.9 Å². The molecule has 1 unspecified atom stereocenters. The van der Waals surface area contributed by atoms with E-state index in [4.69, 9.17) is 15.0 Å². The molecule has 0 saturated carbocycles. The molecule has 1 heterocycles. The molecule has 0 aliphatic heterocycles. The van der Waals surface area contributed by atoms with E-state index in [9.17, 15) is 0 Å². The number of hydrogen-bond acceptors (Lipinski definition) is 3. The van der Waals surface area contributed by atoms with Crippen LogP contribution in [0.15, 0.2) is 199 Å². The molecule has 0 bridgehead atoms. The summed E-state index contributed by atoms with van der Waals surface area (Å²) in [7, 11) is 0. The van der Waals surface area contributed by atoms with E-state index in [1.807, 2.05) is 18.2 Å². The summed E-state index contributed by atoms with van der Waals surface area (Å²) in [5, 5.41) is 2.37. The Bertz CT molecular complexity index is 2880. The molecule has 1 aliphatic carbocycles. The first kappa shape index (κ1) is 38.5. The van der Waals surface area contributed by atoms with E-state index in [0.29, 0.717) is 5.82 Å². The first-order valence-corrected chi connectivity index (χ1v) is 21.0. The van der Waals surface area contributed by atoms with Crippen molar-refractivity contribution >= 4 is 28.3 Å². The minimum Gasteiger partial charge on any atom is -0.253 e. The van der Waals surface area contributed by atoms with Gasteiger partial charge in [0.05, 0.1) is 17.1 Å². The van der Waals surface area contributed by atoms with Gasteiger partial charge in [-0.2, -0.15) is 0 Å². The third kappa shape index (κ3) is 7.79. The molecule has 0 radical (unpaired) electrons. The number of rotatable bonds is 10. The van der Waals surface area contributed by atoms with Crippen molar-refractivity contribution in [2.45, 2.75) is 51.4 Å². The van der Waals surface area contributed by atoms with Gasteiger partial charge in [-0.25, -0.2) is 9.97 Å². The van der Waals surface area contributed by atoms with Crippen LogP contribution >= 0.6 is 0 Å². The number of aliphatic imine (C=N–C) groups is 1. The molecule has 7 aromatic carbocycles. The van der Waals surface area contributed by atoms with Crippen molar-refractivity contribution < 1.29 is 0 Å². The zero-order valence-electron chi connectivity index (χ0n) is 34.8. The Labute approximate surface area is 354 Å². The molecular formula is C57H49N3. The van der Waals surface area contributed by atoms with Crippen LogP contribution in [-0.2, 0) is 10.8 Å². The predicted molar refractivity (Wildman–Crippen MR) is 253 cm³/mol. The molecule has 60 heavy (non-hydrogen) atoms. The maximum absolute atomic E-state index is 5.29. The van der Waals surface area contributed by atoms with E-state index in [0.717, 1.165) is 63.5 Å². The van der Waals surface area contributed by atoms with Gasteiger partial charge in [-0.1, -0.05) is 215 Å². The highest BCUT2D eigenvalue weighted by Gasteiger charge is 2.29. The lowest BCUT2D eigenvalue weighted by Crippen LogP contribution is -2.23. The number of benzene rings is 7. The summed E-state index contributed by atoms with van der Waals surface area (Å²) in [5.41, 5.74) is 14.1. The van der Waals surface area contributed by atoms with Crippen LogP contribution in [0.2, 0.25) is 0 Å². The largest absolute Gasteiger partial charge is 0.253 e. The molecule has 0 spiro atoms. The topological polar surface area (TPSA) is 38.1 Å². The molecule has 0 saturated heterocycles. The van der Waals surface area contributed by atoms with Gasteiger partial charge < -0.3 is 0 Å². The van der Waals surface area contributed by atoms with E-state index >= 15 is 0 Å². The van der Waals surface area contributed by atoms with E-state index in [-0.39, 0.29) is 10.8 Å². The van der Waals surface area contributed by atoms with Gasteiger partial charge in [-0.05, 0) is 70.0 Å². The van der Waals surface area contributed by atoms with Crippen LogP contribution in [0.1, 0.15) is 73.9 Å². The van der Waals surface area contributed by atoms with Crippen molar-refractivity contribution in [3.05, 3.63) is 228 Å². The lowest BCUT2D eigenvalue weighted by Gasteiger charge is -2.32. The summed E-state index contributed by atoms with van der Waals surface area (Å²) in [5.74, 6) is 0.715. The van der Waals surface area contributed by atoms with Gasteiger partial charge in [0.15, 0.2) is 5.82 Å². The number of nitrogens with zero attached hydrogens (tertiary/aromatic N) is 3. The molecule has 1 atom stereocenters. The summed E-state index contributed by atoms with van der Waals surface area (Å²) in [4.78, 5) is 15.5. The number of allylic oxidation sites excluding steroid dienone is 2. The molecule has 8 aromatic rings. The van der Waals surface area contributed by atoms with Gasteiger partial charge in [-0.3, -0.25) is 4.99 Å². The molecule has 0 N–H and O–H groups in total. The molecule has 3 nitrogen and oxygen atoms in total. The maximum Gasteiger partial charge on any atom is 0.160 e. The summed E-state index contributed by atoms with van der Waals surface area (Å²) < 4.78 is 0. The molecule has 0 fully saturated rings. The molecule has 1 aliphatic rings. The van der Waals surface area contributed by atoms with E-state index in [1.165, 1.54) is 33.0 Å². The molecular weight excluding hydrogens is 727 g/mol. The first-order valence-electron chi connectivity index (χ1n) is 21.0. The molecule has 1 aromatic heterocycles. The maximum atomic E-state index is 5.29. The standard InChI is InChI=1S/C57H49N3/c1-40(41-17-7-5-8-18-41)58-52(36-38-57(4)37-16-24-43-20-12-14-27-51(43)57)44-28-32-47(33-29-44)56(2,3)48-34-30-45(31-35-48)53-39-54(60-55(59-53)46-21-9-6-10-22-46)50-26-15-23-42-19-11-13-25-49(42)50/h5-36,39H,37-38H2,1-4H3/b52-36-,58-40?. The smallest absolute Gasteiger partial charge is 0.160 e. The second-order valence-electron chi connectivity index (χ2n) is 16.7. The van der Waals surface area contributed by atoms with Gasteiger partial charge in [0.2, 0.25) is 0 Å². The van der Waals surface area contributed by atoms with Crippen LogP contribution in [0.4, 0.5) is 0 Å². The number of hydrogen-bond donors (Lipinski definition) is 0. The van der Waals surface area contributed by atoms with Crippen LogP contribution in [0.3, 0.4) is 0 Å². The third-order valence-electron chi connectivity index (χ3n) is 12.3. The second kappa shape index (κ2) is 16.4. The highest BCUT2D eigenvalue weighted by Crippen LogP contribution is 2.40. The van der Waals surface area contributed by atoms with Crippen LogP contribution in [0.25, 0.3) is 56.4 Å². The van der Waals surface area contributed by atoms with Crippen molar-refractivity contribution in [1.82, 2.24) is 9.97 Å². The van der Waals surface area contributed by atoms with Crippen LogP contribution in [-0.4, -0.2) is 15.7 Å². The van der Waals surface area contributed by atoms with Gasteiger partial charge in [-0.15, -0.1) is 0 Å². The minimum atomic E-state index is -0.245. The second-order valence-corrected chi connectivity index (χ2v) is 16.7. The Kier molecular flexibility index (Phi) is 10.5. The molecule has 9 rings (SSSR count). The molecule has 0 amide bonds. The number of fused-ring (bicyclic) bond motifs is 2. The zero-order chi connectivity index (χ0) is 41.1. The van der Waals surface area contributed by atoms with Gasteiger partial charge >= 0.3 is 0 Å². The monoisotopic (exact) mass is 775 g/mol. The SMILES string of the molecule is CC(=N/C(=C\CC1(C)CC=Cc2ccccc21)c1ccc(C(C)(C)c2ccc(-c3cc(-c4cccc5ccccc45)nc(-c4ccccc4)n3)cc2)cc1)c1ccccc1. The van der Waals surface area contributed by atoms with Gasteiger partial charge in [0, 0.05) is 33.2 Å². The molecule has 3 heteroatoms. The van der Waals surface area contributed by atoms with Crippen molar-refractivity contribution in [2.24, 2.45) is 4.99 Å². The lowest BCUT2D eigenvalue weighted by atomic mass is 9.72. The van der Waals surface area contributed by atoms with E-state index < -0.39 is 0 Å². The average molecular weight is 776 g/mol. The predicted octanol–water partition coefficient (Wildman–Crippen LogP) is 14.6. The van der Waals surface area contributed by atoms with Crippen molar-refractivity contribution in [1.29, 1.82) is 0 Å². The highest BCUT2D eigenvalue weighted by atomic mass is 14.9. The quantitative estimate of drug-likeness (QED) is 0.130. The van der Waals surface area contributed by atoms with Crippen LogP contribution in [0.5, 0.6) is 0 Å². The summed E-state index contributed by atoms with van der Waals surface area (Å²) in [6.45, 7) is 9.10. The van der Waals surface area contributed by atoms with Crippen molar-refractivity contribution in [3.63, 3.8) is 0 Å². The fourth-order valence-electron chi connectivity index (χ4n) is 8.60. The van der Waals surface area contributed by atoms with Gasteiger partial charge in [0.1, 0.15) is 0 Å². The third-order valence-corrected chi connectivity index (χ3v) is 12.3. The highest BCUT2D eigenvalue weighted by molar-refractivity contribution is 6.01. The normalized spacial score (nSPS) is 15.5. The van der Waals surface area contributed by atoms with E-state index in [2.05, 4.69) is 210 Å². The minimum absolute atomic E-state index is 0.00670. The average Bonchev–Trinajstić information content (AvgIpc) is 3.31. The Morgan fingerprint density at radius 3 is 2.03 bits per heavy atom. The zero-order valence-corrected chi connectivity index (χ0v) is 34.8. The fourth-order valence-corrected chi connectivity index (χ4v) is 8.60. The van der Waals surface area contributed by atoms with Crippen LogP contribution in [0, 0.1) is 0 Å². The summed E-state index contributed by atoms with van der Waals surface area (Å²) >= 11 is 0. The van der Waals surface area contributed by atoms with Gasteiger partial charge in [0.25, 0.3) is 0 Å². The Morgan fingerprint density at radius 2 is 1.27 bits per heavy atom. The van der Waals surface area contributed by atoms with Crippen molar-refractivity contribution in [2.75, 3.05) is 0 Å².